The number of rotatable bonds is 5. The van der Waals surface area contributed by atoms with Gasteiger partial charge in [-0.1, -0.05) is 6.08 Å². The van der Waals surface area contributed by atoms with Crippen molar-refractivity contribution >= 4 is 5.97 Å². The van der Waals surface area contributed by atoms with E-state index in [1.807, 2.05) is 0 Å². The third-order valence-corrected chi connectivity index (χ3v) is 3.62. The molecule has 1 unspecified atom stereocenters. The van der Waals surface area contributed by atoms with Crippen molar-refractivity contribution in [2.45, 2.75) is 38.1 Å². The zero-order chi connectivity index (χ0) is 12.7. The fourth-order valence-corrected chi connectivity index (χ4v) is 2.38. The van der Waals surface area contributed by atoms with E-state index in [4.69, 9.17) is 10.8 Å². The number of aliphatic hydroxyl groups excluding tert-OH is 1. The topological polar surface area (TPSA) is 72.5 Å². The van der Waals surface area contributed by atoms with Crippen LogP contribution in [-0.4, -0.2) is 30.8 Å². The van der Waals surface area contributed by atoms with E-state index >= 15 is 0 Å². The standard InChI is InChI=1S/C13H23NO3/c1-17-13(16)4-2-3-12(14)11-7-5-10(9-15)6-8-11/h2,4,10-12,15H,3,5-9,14H2,1H3. The number of esters is 1. The van der Waals surface area contributed by atoms with Crippen molar-refractivity contribution in [3.05, 3.63) is 12.2 Å². The number of nitrogens with two attached hydrogens (primary N) is 1. The van der Waals surface area contributed by atoms with Crippen LogP contribution in [0.4, 0.5) is 0 Å². The molecule has 0 spiro atoms. The monoisotopic (exact) mass is 241 g/mol. The Kier molecular flexibility index (Phi) is 6.22. The average Bonchev–Trinajstić information content (AvgIpc) is 2.38. The van der Waals surface area contributed by atoms with Gasteiger partial charge in [0.05, 0.1) is 7.11 Å². The fourth-order valence-electron chi connectivity index (χ4n) is 2.38. The van der Waals surface area contributed by atoms with E-state index in [1.54, 1.807) is 6.08 Å². The smallest absolute Gasteiger partial charge is 0.330 e. The number of hydrogen-bond donors (Lipinski definition) is 2. The van der Waals surface area contributed by atoms with Gasteiger partial charge in [0.25, 0.3) is 0 Å². The van der Waals surface area contributed by atoms with Gasteiger partial charge in [0.2, 0.25) is 0 Å². The Morgan fingerprint density at radius 3 is 2.65 bits per heavy atom. The van der Waals surface area contributed by atoms with Gasteiger partial charge < -0.3 is 15.6 Å². The van der Waals surface area contributed by atoms with Crippen LogP contribution >= 0.6 is 0 Å². The van der Waals surface area contributed by atoms with Gasteiger partial charge in [0, 0.05) is 18.7 Å². The molecule has 4 heteroatoms. The van der Waals surface area contributed by atoms with Crippen LogP contribution in [0.15, 0.2) is 12.2 Å². The van der Waals surface area contributed by atoms with E-state index in [-0.39, 0.29) is 12.0 Å². The normalized spacial score (nSPS) is 27.0. The predicted octanol–water partition coefficient (Wildman–Crippen LogP) is 1.23. The number of carbonyl (C=O) groups is 1. The van der Waals surface area contributed by atoms with Gasteiger partial charge in [0.15, 0.2) is 0 Å². The van der Waals surface area contributed by atoms with Crippen molar-refractivity contribution in [3.8, 4) is 0 Å². The molecule has 0 aliphatic heterocycles. The van der Waals surface area contributed by atoms with Crippen molar-refractivity contribution in [1.82, 2.24) is 0 Å². The molecule has 1 rings (SSSR count). The van der Waals surface area contributed by atoms with E-state index < -0.39 is 0 Å². The summed E-state index contributed by atoms with van der Waals surface area (Å²) in [6.45, 7) is 0.296. The molecule has 3 N–H and O–H groups in total. The van der Waals surface area contributed by atoms with E-state index in [9.17, 15) is 4.79 Å². The molecule has 17 heavy (non-hydrogen) atoms. The third-order valence-electron chi connectivity index (χ3n) is 3.62. The minimum atomic E-state index is -0.332. The largest absolute Gasteiger partial charge is 0.466 e. The highest BCUT2D eigenvalue weighted by Crippen LogP contribution is 2.30. The number of hydrogen-bond acceptors (Lipinski definition) is 4. The molecule has 1 atom stereocenters. The van der Waals surface area contributed by atoms with Crippen molar-refractivity contribution in [2.24, 2.45) is 17.6 Å². The van der Waals surface area contributed by atoms with E-state index in [2.05, 4.69) is 4.74 Å². The number of methoxy groups -OCH3 is 1. The van der Waals surface area contributed by atoms with E-state index in [0.29, 0.717) is 24.9 Å². The van der Waals surface area contributed by atoms with Crippen LogP contribution in [0.5, 0.6) is 0 Å². The first kappa shape index (κ1) is 14.2. The van der Waals surface area contributed by atoms with Gasteiger partial charge in [-0.2, -0.15) is 0 Å². The molecule has 0 aromatic rings. The Hall–Kier alpha value is -0.870. The maximum Gasteiger partial charge on any atom is 0.330 e. The van der Waals surface area contributed by atoms with Crippen molar-refractivity contribution in [3.63, 3.8) is 0 Å². The second-order valence-corrected chi connectivity index (χ2v) is 4.79. The van der Waals surface area contributed by atoms with Crippen LogP contribution < -0.4 is 5.73 Å². The Morgan fingerprint density at radius 1 is 1.47 bits per heavy atom. The second-order valence-electron chi connectivity index (χ2n) is 4.79. The predicted molar refractivity (Wildman–Crippen MR) is 66.3 cm³/mol. The molecule has 0 radical (unpaired) electrons. The lowest BCUT2D eigenvalue weighted by molar-refractivity contribution is -0.134. The first-order valence-corrected chi connectivity index (χ1v) is 6.28. The van der Waals surface area contributed by atoms with Gasteiger partial charge in [-0.3, -0.25) is 0 Å². The van der Waals surface area contributed by atoms with E-state index in [1.165, 1.54) is 13.2 Å². The molecule has 0 aromatic carbocycles. The van der Waals surface area contributed by atoms with Crippen LogP contribution in [0.3, 0.4) is 0 Å². The summed E-state index contributed by atoms with van der Waals surface area (Å²) in [4.78, 5) is 10.9. The minimum Gasteiger partial charge on any atom is -0.466 e. The molecule has 0 aromatic heterocycles. The zero-order valence-electron chi connectivity index (χ0n) is 10.5. The zero-order valence-corrected chi connectivity index (χ0v) is 10.5. The number of carbonyl (C=O) groups excluding carboxylic acids is 1. The molecule has 98 valence electrons. The number of aliphatic hydroxyl groups is 1. The molecular weight excluding hydrogens is 218 g/mol. The summed E-state index contributed by atoms with van der Waals surface area (Å²) < 4.78 is 4.51. The average molecular weight is 241 g/mol. The lowest BCUT2D eigenvalue weighted by Gasteiger charge is -2.30. The number of ether oxygens (including phenoxy) is 1. The Morgan fingerprint density at radius 2 is 2.12 bits per heavy atom. The summed E-state index contributed by atoms with van der Waals surface area (Å²) in [7, 11) is 1.36. The highest BCUT2D eigenvalue weighted by molar-refractivity contribution is 5.81. The maximum atomic E-state index is 10.9. The van der Waals surface area contributed by atoms with Crippen LogP contribution in [-0.2, 0) is 9.53 Å². The lowest BCUT2D eigenvalue weighted by Crippen LogP contribution is -2.33. The quantitative estimate of drug-likeness (QED) is 0.561. The van der Waals surface area contributed by atoms with Crippen molar-refractivity contribution in [2.75, 3.05) is 13.7 Å². The van der Waals surface area contributed by atoms with Gasteiger partial charge in [0.1, 0.15) is 0 Å². The Bertz CT molecular complexity index is 257. The maximum absolute atomic E-state index is 10.9. The molecule has 0 bridgehead atoms. The van der Waals surface area contributed by atoms with Crippen LogP contribution in [0.25, 0.3) is 0 Å². The molecule has 0 amide bonds. The van der Waals surface area contributed by atoms with Gasteiger partial charge in [-0.05, 0) is 43.9 Å². The Balaban J connectivity index is 2.27. The van der Waals surface area contributed by atoms with Gasteiger partial charge >= 0.3 is 5.97 Å². The molecule has 1 fully saturated rings. The summed E-state index contributed by atoms with van der Waals surface area (Å²) >= 11 is 0. The molecule has 1 aliphatic rings. The van der Waals surface area contributed by atoms with E-state index in [0.717, 1.165) is 25.7 Å². The summed E-state index contributed by atoms with van der Waals surface area (Å²) in [6, 6.07) is 0.107. The van der Waals surface area contributed by atoms with Crippen molar-refractivity contribution < 1.29 is 14.6 Å². The van der Waals surface area contributed by atoms with Crippen LogP contribution in [0, 0.1) is 11.8 Å². The summed E-state index contributed by atoms with van der Waals surface area (Å²) in [5, 5.41) is 9.05. The molecule has 1 aliphatic carbocycles. The first-order valence-electron chi connectivity index (χ1n) is 6.28. The highest BCUT2D eigenvalue weighted by atomic mass is 16.5. The summed E-state index contributed by atoms with van der Waals surface area (Å²) in [6.07, 6.45) is 8.22. The minimum absolute atomic E-state index is 0.107. The van der Waals surface area contributed by atoms with Crippen LogP contribution in [0.1, 0.15) is 32.1 Å². The van der Waals surface area contributed by atoms with Gasteiger partial charge in [-0.25, -0.2) is 4.79 Å². The molecule has 0 saturated heterocycles. The summed E-state index contributed by atoms with van der Waals surface area (Å²) in [5.74, 6) is 0.644. The first-order chi connectivity index (χ1) is 8.17. The summed E-state index contributed by atoms with van der Waals surface area (Å²) in [5.41, 5.74) is 6.10. The molecule has 1 saturated carbocycles. The Labute approximate surface area is 103 Å². The molecule has 0 heterocycles. The molecule has 4 nitrogen and oxygen atoms in total. The van der Waals surface area contributed by atoms with Crippen LogP contribution in [0.2, 0.25) is 0 Å². The fraction of sp³-hybridized carbons (Fsp3) is 0.769. The van der Waals surface area contributed by atoms with Crippen molar-refractivity contribution in [1.29, 1.82) is 0 Å². The molecular formula is C13H23NO3. The third kappa shape index (κ3) is 4.88. The SMILES string of the molecule is COC(=O)C=CCC(N)C1CCC(CO)CC1. The van der Waals surface area contributed by atoms with Gasteiger partial charge in [-0.15, -0.1) is 0 Å². The highest BCUT2D eigenvalue weighted by Gasteiger charge is 2.24. The second kappa shape index (κ2) is 7.45. The lowest BCUT2D eigenvalue weighted by atomic mass is 9.78.